The number of fused-ring (bicyclic) bond motifs is 3. The molecule has 0 amide bonds. The molecule has 0 atom stereocenters. The number of pyridine rings is 5. The van der Waals surface area contributed by atoms with Crippen LogP contribution in [0, 0.1) is 83.1 Å². The highest BCUT2D eigenvalue weighted by molar-refractivity contribution is 7.11. The zero-order valence-corrected chi connectivity index (χ0v) is 41.3. The van der Waals surface area contributed by atoms with Gasteiger partial charge in [0.05, 0.1) is 22.4 Å². The first kappa shape index (κ1) is 50.4. The molecule has 0 N–H and O–H groups in total. The lowest BCUT2D eigenvalue weighted by Crippen LogP contribution is -1.96. The predicted molar refractivity (Wildman–Crippen MR) is 273 cm³/mol. The van der Waals surface area contributed by atoms with Crippen LogP contribution in [0.4, 0.5) is 0 Å². The number of benzene rings is 1. The minimum Gasteiger partial charge on any atom is -0.258 e. The summed E-state index contributed by atoms with van der Waals surface area (Å²) in [6.07, 6.45) is 4.93. The molecule has 0 saturated heterocycles. The fraction of sp³-hybridized carbons (Fsp3) is 0.222. The van der Waals surface area contributed by atoms with Crippen LogP contribution in [0.15, 0.2) is 134 Å². The molecule has 0 spiro atoms. The van der Waals surface area contributed by atoms with Crippen LogP contribution in [0.3, 0.4) is 0 Å². The Bertz CT molecular complexity index is 2820. The zero-order valence-electron chi connectivity index (χ0n) is 40.5. The van der Waals surface area contributed by atoms with E-state index in [1.165, 1.54) is 16.1 Å². The Morgan fingerprint density at radius 3 is 0.970 bits per heavy atom. The summed E-state index contributed by atoms with van der Waals surface area (Å²) in [6, 6.07) is 38.4. The number of aryl methyl sites for hydroxylation is 12. The van der Waals surface area contributed by atoms with E-state index in [4.69, 9.17) is 0 Å². The molecule has 10 aromatic rings. The summed E-state index contributed by atoms with van der Waals surface area (Å²) < 4.78 is 0. The van der Waals surface area contributed by atoms with Crippen molar-refractivity contribution in [3.05, 3.63) is 201 Å². The van der Waals surface area contributed by atoms with Crippen LogP contribution in [0.2, 0.25) is 0 Å². The predicted octanol–water partition coefficient (Wildman–Crippen LogP) is 12.3. The SMILES string of the molecule is Cc1ccc(C)s1.Cc1ccc2ccc3ccc(C)nc3c2n1.Cc1cccc(-c2cccc(C)n2)n1.Cc1cccc(C)n1.Cc1ccnc(-c2nccc(C)n2)n1.Cc1ncnc(C)n1. The molecule has 9 aromatic heterocycles. The van der Waals surface area contributed by atoms with Gasteiger partial charge in [0.25, 0.3) is 0 Å². The van der Waals surface area contributed by atoms with Crippen LogP contribution in [0.1, 0.15) is 67.0 Å². The van der Waals surface area contributed by atoms with E-state index < -0.39 is 0 Å². The first-order valence-corrected chi connectivity index (χ1v) is 22.6. The molecule has 0 aliphatic carbocycles. The van der Waals surface area contributed by atoms with Gasteiger partial charge in [0.2, 0.25) is 0 Å². The molecule has 10 rings (SSSR count). The molecule has 12 nitrogen and oxygen atoms in total. The van der Waals surface area contributed by atoms with Gasteiger partial charge in [0, 0.05) is 78.5 Å². The summed E-state index contributed by atoms with van der Waals surface area (Å²) in [7, 11) is 0. The maximum atomic E-state index is 4.58. The van der Waals surface area contributed by atoms with E-state index in [2.05, 4.69) is 110 Å². The molecule has 13 heteroatoms. The normalized spacial score (nSPS) is 10.1. The minimum absolute atomic E-state index is 0.578. The van der Waals surface area contributed by atoms with Crippen molar-refractivity contribution >= 4 is 33.1 Å². The van der Waals surface area contributed by atoms with Gasteiger partial charge in [0.15, 0.2) is 11.6 Å². The first-order chi connectivity index (χ1) is 32.1. The molecule has 1 aromatic carbocycles. The lowest BCUT2D eigenvalue weighted by Gasteiger charge is -2.04. The molecule has 340 valence electrons. The van der Waals surface area contributed by atoms with E-state index in [-0.39, 0.29) is 0 Å². The maximum absolute atomic E-state index is 4.58. The smallest absolute Gasteiger partial charge is 0.197 e. The zero-order chi connectivity index (χ0) is 48.3. The van der Waals surface area contributed by atoms with Crippen LogP contribution >= 0.6 is 11.3 Å². The van der Waals surface area contributed by atoms with Crippen molar-refractivity contribution in [3.8, 4) is 23.0 Å². The summed E-state index contributed by atoms with van der Waals surface area (Å²) in [5.41, 5.74) is 12.0. The van der Waals surface area contributed by atoms with Crippen molar-refractivity contribution < 1.29 is 0 Å². The van der Waals surface area contributed by atoms with Crippen molar-refractivity contribution in [1.82, 2.24) is 59.8 Å². The van der Waals surface area contributed by atoms with E-state index in [1.54, 1.807) is 12.4 Å². The van der Waals surface area contributed by atoms with Crippen LogP contribution in [0.25, 0.3) is 44.8 Å². The van der Waals surface area contributed by atoms with E-state index in [9.17, 15) is 0 Å². The van der Waals surface area contributed by atoms with Crippen molar-refractivity contribution in [3.63, 3.8) is 0 Å². The summed E-state index contributed by atoms with van der Waals surface area (Å²) in [6.45, 7) is 23.7. The number of rotatable bonds is 2. The van der Waals surface area contributed by atoms with E-state index in [0.717, 1.165) is 90.4 Å². The molecular formula is C54H58N12S. The van der Waals surface area contributed by atoms with Gasteiger partial charge in [-0.05, 0) is 156 Å². The third kappa shape index (κ3) is 17.0. The second-order valence-electron chi connectivity index (χ2n) is 15.6. The van der Waals surface area contributed by atoms with Crippen LogP contribution in [-0.4, -0.2) is 59.8 Å². The molecule has 0 radical (unpaired) electrons. The standard InChI is InChI=1S/C14H12N2.C12H12N2.C10H10N4.C7H9N.C6H8S.C5H7N3/c1-9-3-5-11-7-8-12-6-4-10(2)16-14(12)13(11)15-9;1-9-5-3-7-11(13-9)12-8-4-6-10(2)14-12;1-7-3-5-11-9(13-7)10-12-6-4-8(2)14-10;1-6-4-3-5-7(2)8-6;1-5-3-4-6(2)7-5;1-4-6-3-7-5(2)8-4/h3-8H,1-2H3;3-8H,1-2H3;3-6H,1-2H3;3-5H,1-2H3;3-4H,1-2H3;3H,1-2H3. The molecule has 0 aliphatic heterocycles. The summed E-state index contributed by atoms with van der Waals surface area (Å²) in [5, 5.41) is 2.30. The van der Waals surface area contributed by atoms with Crippen LogP contribution in [0.5, 0.6) is 0 Å². The third-order valence-electron chi connectivity index (χ3n) is 9.34. The topological polar surface area (TPSA) is 155 Å². The van der Waals surface area contributed by atoms with Gasteiger partial charge in [0.1, 0.15) is 18.0 Å². The largest absolute Gasteiger partial charge is 0.258 e. The second kappa shape index (κ2) is 25.2. The molecule has 67 heavy (non-hydrogen) atoms. The molecular weight excluding hydrogens is 849 g/mol. The molecule has 0 fully saturated rings. The average Bonchev–Trinajstić information content (AvgIpc) is 3.69. The Balaban J connectivity index is 0.000000155. The van der Waals surface area contributed by atoms with Crippen molar-refractivity contribution in [2.45, 2.75) is 83.1 Å². The molecule has 9 heterocycles. The summed E-state index contributed by atoms with van der Waals surface area (Å²) in [5.74, 6) is 2.71. The van der Waals surface area contributed by atoms with Gasteiger partial charge in [-0.15, -0.1) is 11.3 Å². The highest BCUT2D eigenvalue weighted by atomic mass is 32.1. The van der Waals surface area contributed by atoms with Gasteiger partial charge in [-0.1, -0.05) is 42.5 Å². The lowest BCUT2D eigenvalue weighted by atomic mass is 10.1. The van der Waals surface area contributed by atoms with E-state index >= 15 is 0 Å². The quantitative estimate of drug-likeness (QED) is 0.152. The highest BCUT2D eigenvalue weighted by Gasteiger charge is 2.05. The van der Waals surface area contributed by atoms with Crippen molar-refractivity contribution in [2.75, 3.05) is 0 Å². The highest BCUT2D eigenvalue weighted by Crippen LogP contribution is 2.23. The Morgan fingerprint density at radius 2 is 0.657 bits per heavy atom. The number of thiophene rings is 1. The molecule has 0 saturated carbocycles. The summed E-state index contributed by atoms with van der Waals surface area (Å²) >= 11 is 1.84. The van der Waals surface area contributed by atoms with Crippen LogP contribution < -0.4 is 0 Å². The van der Waals surface area contributed by atoms with E-state index in [0.29, 0.717) is 11.6 Å². The minimum atomic E-state index is 0.578. The van der Waals surface area contributed by atoms with E-state index in [1.807, 2.05) is 159 Å². The van der Waals surface area contributed by atoms with Crippen molar-refractivity contribution in [2.24, 2.45) is 0 Å². The summed E-state index contributed by atoms with van der Waals surface area (Å²) in [4.78, 5) is 53.3. The van der Waals surface area contributed by atoms with Gasteiger partial charge in [-0.3, -0.25) is 24.9 Å². The Morgan fingerprint density at radius 1 is 0.299 bits per heavy atom. The van der Waals surface area contributed by atoms with Gasteiger partial charge >= 0.3 is 0 Å². The Labute approximate surface area is 398 Å². The fourth-order valence-corrected chi connectivity index (χ4v) is 6.95. The maximum Gasteiger partial charge on any atom is 0.197 e. The lowest BCUT2D eigenvalue weighted by molar-refractivity contribution is 0.920. The number of nitrogens with zero attached hydrogens (tertiary/aromatic N) is 12. The van der Waals surface area contributed by atoms with Crippen molar-refractivity contribution in [1.29, 1.82) is 0 Å². The number of hydrogen-bond acceptors (Lipinski definition) is 13. The number of aromatic nitrogens is 12. The van der Waals surface area contributed by atoms with Gasteiger partial charge in [-0.2, -0.15) is 0 Å². The van der Waals surface area contributed by atoms with Gasteiger partial charge < -0.3 is 0 Å². The second-order valence-corrected chi connectivity index (χ2v) is 17.1. The number of hydrogen-bond donors (Lipinski definition) is 0. The molecule has 0 aliphatic rings. The molecule has 0 bridgehead atoms. The first-order valence-electron chi connectivity index (χ1n) is 21.8. The Kier molecular flexibility index (Phi) is 18.9. The monoisotopic (exact) mass is 906 g/mol. The third-order valence-corrected chi connectivity index (χ3v) is 10.3. The average molecular weight is 907 g/mol. The Hall–Kier alpha value is -7.64. The van der Waals surface area contributed by atoms with Crippen LogP contribution in [-0.2, 0) is 0 Å². The van der Waals surface area contributed by atoms with Gasteiger partial charge in [-0.25, -0.2) is 34.9 Å². The molecule has 0 unspecified atom stereocenters. The fourth-order valence-electron chi connectivity index (χ4n) is 6.17.